The van der Waals surface area contributed by atoms with Crippen LogP contribution >= 0.6 is 11.6 Å². The molecule has 9 heteroatoms. The van der Waals surface area contributed by atoms with E-state index in [0.717, 1.165) is 30.7 Å². The number of rotatable bonds is 7. The van der Waals surface area contributed by atoms with Gasteiger partial charge in [0.05, 0.1) is 36.2 Å². The van der Waals surface area contributed by atoms with Gasteiger partial charge in [0.25, 0.3) is 5.91 Å². The van der Waals surface area contributed by atoms with Gasteiger partial charge in [0.1, 0.15) is 5.75 Å². The van der Waals surface area contributed by atoms with Gasteiger partial charge in [0, 0.05) is 37.7 Å². The van der Waals surface area contributed by atoms with Crippen LogP contribution in [0.25, 0.3) is 0 Å². The van der Waals surface area contributed by atoms with E-state index in [1.807, 2.05) is 11.6 Å². The second-order valence-electron chi connectivity index (χ2n) is 8.69. The first-order valence-electron chi connectivity index (χ1n) is 11.4. The van der Waals surface area contributed by atoms with Gasteiger partial charge in [-0.25, -0.2) is 4.79 Å². The number of hydrogen-bond donors (Lipinski definition) is 1. The number of benzene rings is 1. The number of methoxy groups -OCH3 is 1. The van der Waals surface area contributed by atoms with Crippen molar-refractivity contribution >= 4 is 23.5 Å². The van der Waals surface area contributed by atoms with Crippen molar-refractivity contribution < 1.29 is 23.8 Å². The lowest BCUT2D eigenvalue weighted by molar-refractivity contribution is 0.0152. The summed E-state index contributed by atoms with van der Waals surface area (Å²) in [6.07, 6.45) is 3.89. The molecule has 0 saturated carbocycles. The first-order chi connectivity index (χ1) is 15.9. The number of hydrogen-bond acceptors (Lipinski definition) is 6. The fourth-order valence-corrected chi connectivity index (χ4v) is 4.84. The van der Waals surface area contributed by atoms with Crippen molar-refractivity contribution in [2.75, 3.05) is 33.5 Å². The average Bonchev–Trinajstić information content (AvgIpc) is 3.10. The maximum atomic E-state index is 12.9. The fraction of sp³-hybridized carbons (Fsp3) is 0.542. The number of amides is 1. The molecule has 0 radical (unpaired) electrons. The topological polar surface area (TPSA) is 91.7 Å². The quantitative estimate of drug-likeness (QED) is 0.487. The Balaban J connectivity index is 1.44. The van der Waals surface area contributed by atoms with E-state index in [9.17, 15) is 9.59 Å². The van der Waals surface area contributed by atoms with Gasteiger partial charge in [0.2, 0.25) is 0 Å². The summed E-state index contributed by atoms with van der Waals surface area (Å²) in [5, 5.41) is 8.28. The van der Waals surface area contributed by atoms with E-state index in [1.165, 1.54) is 7.11 Å². The van der Waals surface area contributed by atoms with Crippen molar-refractivity contribution in [3.05, 3.63) is 45.7 Å². The number of halogens is 1. The van der Waals surface area contributed by atoms with Crippen molar-refractivity contribution in [1.29, 1.82) is 0 Å². The lowest BCUT2D eigenvalue weighted by atomic mass is 9.76. The molecule has 0 unspecified atom stereocenters. The van der Waals surface area contributed by atoms with Crippen LogP contribution < -0.4 is 10.1 Å². The first-order valence-corrected chi connectivity index (χ1v) is 11.8. The third-order valence-electron chi connectivity index (χ3n) is 6.50. The molecule has 1 amide bonds. The van der Waals surface area contributed by atoms with Gasteiger partial charge >= 0.3 is 5.97 Å². The zero-order chi connectivity index (χ0) is 23.4. The number of fused-ring (bicyclic) bond motifs is 1. The number of nitrogens with zero attached hydrogens (tertiary/aromatic N) is 2. The highest BCUT2D eigenvalue weighted by molar-refractivity contribution is 6.31. The average molecular weight is 476 g/mol. The summed E-state index contributed by atoms with van der Waals surface area (Å²) in [6.45, 7) is 4.89. The summed E-state index contributed by atoms with van der Waals surface area (Å²) < 4.78 is 18.1. The summed E-state index contributed by atoms with van der Waals surface area (Å²) in [4.78, 5) is 25.3. The minimum Gasteiger partial charge on any atom is -0.497 e. The van der Waals surface area contributed by atoms with Crippen molar-refractivity contribution in [2.24, 2.45) is 5.41 Å². The maximum Gasteiger partial charge on any atom is 0.338 e. The molecule has 1 saturated heterocycles. The number of ether oxygens (including phenoxy) is 3. The predicted molar refractivity (Wildman–Crippen MR) is 123 cm³/mol. The van der Waals surface area contributed by atoms with Crippen LogP contribution in [0.2, 0.25) is 5.02 Å². The molecule has 4 rings (SSSR count). The monoisotopic (exact) mass is 475 g/mol. The van der Waals surface area contributed by atoms with Crippen LogP contribution in [0.4, 0.5) is 0 Å². The minimum atomic E-state index is -0.454. The summed E-state index contributed by atoms with van der Waals surface area (Å²) in [5.41, 5.74) is 2.85. The largest absolute Gasteiger partial charge is 0.497 e. The SMILES string of the molecule is CCc1nn(CCCOC(=O)c2cc(Cl)cc(OC)c2)c2c1C(=O)NCC1(CCOCC1)C2. The molecule has 1 aromatic heterocycles. The number of esters is 1. The van der Waals surface area contributed by atoms with E-state index in [-0.39, 0.29) is 17.9 Å². The highest BCUT2D eigenvalue weighted by atomic mass is 35.5. The molecular weight excluding hydrogens is 446 g/mol. The van der Waals surface area contributed by atoms with Crippen LogP contribution in [0.1, 0.15) is 58.3 Å². The zero-order valence-corrected chi connectivity index (χ0v) is 19.9. The van der Waals surface area contributed by atoms with E-state index < -0.39 is 5.97 Å². The fourth-order valence-electron chi connectivity index (χ4n) is 4.62. The van der Waals surface area contributed by atoms with Gasteiger partial charge in [-0.2, -0.15) is 5.10 Å². The van der Waals surface area contributed by atoms with Crippen LogP contribution in [0, 0.1) is 5.41 Å². The van der Waals surface area contributed by atoms with Gasteiger partial charge in [0.15, 0.2) is 0 Å². The van der Waals surface area contributed by atoms with E-state index in [1.54, 1.807) is 18.2 Å². The highest BCUT2D eigenvalue weighted by Gasteiger charge is 2.39. The van der Waals surface area contributed by atoms with Gasteiger partial charge in [-0.15, -0.1) is 0 Å². The minimum absolute atomic E-state index is 0.0000539. The Morgan fingerprint density at radius 2 is 2.09 bits per heavy atom. The Hall–Kier alpha value is -2.58. The molecule has 33 heavy (non-hydrogen) atoms. The Labute approximate surface area is 198 Å². The Morgan fingerprint density at radius 1 is 1.30 bits per heavy atom. The van der Waals surface area contributed by atoms with Crippen LogP contribution in [0.5, 0.6) is 5.75 Å². The van der Waals surface area contributed by atoms with Gasteiger partial charge < -0.3 is 19.5 Å². The molecule has 0 atom stereocenters. The van der Waals surface area contributed by atoms with Crippen LogP contribution in [-0.4, -0.2) is 55.1 Å². The van der Waals surface area contributed by atoms with E-state index in [4.69, 9.17) is 30.9 Å². The third-order valence-corrected chi connectivity index (χ3v) is 6.72. The Bertz CT molecular complexity index is 1030. The number of aryl methyl sites for hydroxylation is 2. The van der Waals surface area contributed by atoms with E-state index >= 15 is 0 Å². The van der Waals surface area contributed by atoms with Crippen LogP contribution in [0.3, 0.4) is 0 Å². The molecule has 0 bridgehead atoms. The summed E-state index contributed by atoms with van der Waals surface area (Å²) >= 11 is 6.04. The Morgan fingerprint density at radius 3 is 2.82 bits per heavy atom. The van der Waals surface area contributed by atoms with Gasteiger partial charge in [-0.1, -0.05) is 18.5 Å². The standard InChI is InChI=1S/C24H30ClN3O5/c1-3-19-21-20(14-24(15-26-22(21)29)5-9-32-10-6-24)28(27-19)7-4-8-33-23(30)16-11-17(25)13-18(12-16)31-2/h11-13H,3-10,14-15H2,1-2H3,(H,26,29). The van der Waals surface area contributed by atoms with Gasteiger partial charge in [-0.3, -0.25) is 9.48 Å². The molecule has 2 aliphatic heterocycles. The number of carbonyl (C=O) groups is 2. The molecule has 1 spiro atoms. The van der Waals surface area contributed by atoms with E-state index in [2.05, 4.69) is 5.32 Å². The lowest BCUT2D eigenvalue weighted by Gasteiger charge is -2.36. The number of nitrogens with one attached hydrogen (secondary N) is 1. The molecule has 0 aliphatic carbocycles. The van der Waals surface area contributed by atoms with Crippen LogP contribution in [0.15, 0.2) is 18.2 Å². The number of carbonyl (C=O) groups excluding carboxylic acids is 2. The smallest absolute Gasteiger partial charge is 0.338 e. The Kier molecular flexibility index (Phi) is 7.24. The van der Waals surface area contributed by atoms with E-state index in [0.29, 0.717) is 61.0 Å². The lowest BCUT2D eigenvalue weighted by Crippen LogP contribution is -2.40. The first kappa shape index (κ1) is 23.6. The summed E-state index contributed by atoms with van der Waals surface area (Å²) in [6, 6.07) is 4.79. The third kappa shape index (κ3) is 5.17. The van der Waals surface area contributed by atoms with Crippen molar-refractivity contribution in [3.8, 4) is 5.75 Å². The normalized spacial score (nSPS) is 17.2. The predicted octanol–water partition coefficient (Wildman–Crippen LogP) is 3.44. The van der Waals surface area contributed by atoms with Crippen molar-refractivity contribution in [2.45, 2.75) is 45.6 Å². The second kappa shape index (κ2) is 10.1. The molecule has 8 nitrogen and oxygen atoms in total. The maximum absolute atomic E-state index is 12.9. The second-order valence-corrected chi connectivity index (χ2v) is 9.12. The zero-order valence-electron chi connectivity index (χ0n) is 19.1. The molecule has 1 aromatic carbocycles. The molecular formula is C24H30ClN3O5. The number of aromatic nitrogens is 2. The molecule has 178 valence electrons. The van der Waals surface area contributed by atoms with Crippen molar-refractivity contribution in [1.82, 2.24) is 15.1 Å². The molecule has 2 aliphatic rings. The summed E-state index contributed by atoms with van der Waals surface area (Å²) in [7, 11) is 1.52. The van der Waals surface area contributed by atoms with Gasteiger partial charge in [-0.05, 0) is 49.3 Å². The van der Waals surface area contributed by atoms with Crippen molar-refractivity contribution in [3.63, 3.8) is 0 Å². The molecule has 2 aromatic rings. The molecule has 1 fully saturated rings. The van der Waals surface area contributed by atoms with Crippen LogP contribution in [-0.2, 0) is 28.9 Å². The summed E-state index contributed by atoms with van der Waals surface area (Å²) in [5.74, 6) is 0.00349. The molecule has 3 heterocycles. The molecule has 1 N–H and O–H groups in total. The highest BCUT2D eigenvalue weighted by Crippen LogP contribution is 2.37.